The zero-order valence-corrected chi connectivity index (χ0v) is 11.1. The lowest BCUT2D eigenvalue weighted by Crippen LogP contribution is -2.19. The summed E-state index contributed by atoms with van der Waals surface area (Å²) in [5.41, 5.74) is 5.59. The molecule has 0 aliphatic heterocycles. The number of phenols is 1. The molecule has 0 radical (unpaired) electrons. The minimum atomic E-state index is -0.485. The van der Waals surface area contributed by atoms with E-state index < -0.39 is 5.97 Å². The predicted octanol–water partition coefficient (Wildman–Crippen LogP) is 1.27. The molecule has 5 nitrogen and oxygen atoms in total. The van der Waals surface area contributed by atoms with Gasteiger partial charge in [0.2, 0.25) is 0 Å². The topological polar surface area (TPSA) is 84.6 Å². The summed E-state index contributed by atoms with van der Waals surface area (Å²) in [5.74, 6) is -0.534. The second kappa shape index (κ2) is 9.35. The first-order valence-corrected chi connectivity index (χ1v) is 6.61. The molecule has 4 N–H and O–H groups in total. The Balaban J connectivity index is 2.10. The SMILES string of the molecule is NCCCCNCCCOC(=O)c1ccccc1O. The number of benzene rings is 1. The van der Waals surface area contributed by atoms with Gasteiger partial charge in [-0.2, -0.15) is 0 Å². The molecule has 0 aromatic heterocycles. The molecule has 0 bridgehead atoms. The smallest absolute Gasteiger partial charge is 0.341 e. The van der Waals surface area contributed by atoms with Crippen molar-refractivity contribution in [1.82, 2.24) is 5.32 Å². The van der Waals surface area contributed by atoms with E-state index in [0.29, 0.717) is 6.61 Å². The standard InChI is InChI=1S/C14H22N2O3/c15-8-3-4-9-16-10-5-11-19-14(18)12-6-1-2-7-13(12)17/h1-2,6-7,16-17H,3-5,8-11,15H2. The predicted molar refractivity (Wildman–Crippen MR) is 74.2 cm³/mol. The molecule has 0 fully saturated rings. The highest BCUT2D eigenvalue weighted by Crippen LogP contribution is 2.16. The molecule has 5 heteroatoms. The Bertz CT molecular complexity index is 383. The van der Waals surface area contributed by atoms with Crippen LogP contribution in [-0.4, -0.2) is 37.3 Å². The van der Waals surface area contributed by atoms with E-state index >= 15 is 0 Å². The molecule has 0 aliphatic carbocycles. The van der Waals surface area contributed by atoms with E-state index in [0.717, 1.165) is 38.9 Å². The number of rotatable bonds is 9. The van der Waals surface area contributed by atoms with Crippen molar-refractivity contribution in [2.24, 2.45) is 5.73 Å². The fourth-order valence-electron chi connectivity index (χ4n) is 1.61. The largest absolute Gasteiger partial charge is 0.507 e. The molecule has 1 aromatic carbocycles. The van der Waals surface area contributed by atoms with Gasteiger partial charge < -0.3 is 20.9 Å². The summed E-state index contributed by atoms with van der Waals surface area (Å²) in [4.78, 5) is 11.6. The molecular weight excluding hydrogens is 244 g/mol. The Labute approximate surface area is 113 Å². The minimum absolute atomic E-state index is 0.0487. The van der Waals surface area contributed by atoms with Gasteiger partial charge in [-0.25, -0.2) is 4.79 Å². The van der Waals surface area contributed by atoms with Crippen molar-refractivity contribution in [1.29, 1.82) is 0 Å². The van der Waals surface area contributed by atoms with Gasteiger partial charge in [-0.3, -0.25) is 0 Å². The number of carbonyl (C=O) groups excluding carboxylic acids is 1. The van der Waals surface area contributed by atoms with Crippen LogP contribution in [0.25, 0.3) is 0 Å². The molecule has 19 heavy (non-hydrogen) atoms. The van der Waals surface area contributed by atoms with E-state index in [1.54, 1.807) is 18.2 Å². The summed E-state index contributed by atoms with van der Waals surface area (Å²) >= 11 is 0. The number of para-hydroxylation sites is 1. The van der Waals surface area contributed by atoms with Crippen LogP contribution in [0.4, 0.5) is 0 Å². The summed E-state index contributed by atoms with van der Waals surface area (Å²) in [7, 11) is 0. The summed E-state index contributed by atoms with van der Waals surface area (Å²) in [6.07, 6.45) is 2.84. The van der Waals surface area contributed by atoms with Crippen LogP contribution >= 0.6 is 0 Å². The lowest BCUT2D eigenvalue weighted by molar-refractivity contribution is 0.0497. The van der Waals surface area contributed by atoms with E-state index in [1.807, 2.05) is 0 Å². The maximum atomic E-state index is 11.6. The van der Waals surface area contributed by atoms with Crippen molar-refractivity contribution >= 4 is 5.97 Å². The first kappa shape index (κ1) is 15.5. The average molecular weight is 266 g/mol. The van der Waals surface area contributed by atoms with Crippen LogP contribution in [0.3, 0.4) is 0 Å². The molecule has 0 heterocycles. The highest BCUT2D eigenvalue weighted by molar-refractivity contribution is 5.92. The summed E-state index contributed by atoms with van der Waals surface area (Å²) in [5, 5.41) is 12.7. The summed E-state index contributed by atoms with van der Waals surface area (Å²) < 4.78 is 5.08. The van der Waals surface area contributed by atoms with Crippen molar-refractivity contribution in [3.8, 4) is 5.75 Å². The van der Waals surface area contributed by atoms with Crippen LogP contribution in [0.1, 0.15) is 29.6 Å². The summed E-state index contributed by atoms with van der Waals surface area (Å²) in [6, 6.07) is 6.37. The number of aromatic hydroxyl groups is 1. The second-order valence-corrected chi connectivity index (χ2v) is 4.25. The summed E-state index contributed by atoms with van der Waals surface area (Å²) in [6.45, 7) is 2.81. The van der Waals surface area contributed by atoms with Crippen LogP contribution in [0, 0.1) is 0 Å². The maximum absolute atomic E-state index is 11.6. The number of nitrogens with one attached hydrogen (secondary N) is 1. The number of hydrogen-bond acceptors (Lipinski definition) is 5. The van der Waals surface area contributed by atoms with Crippen LogP contribution < -0.4 is 11.1 Å². The molecule has 0 aliphatic rings. The maximum Gasteiger partial charge on any atom is 0.341 e. The number of esters is 1. The quantitative estimate of drug-likeness (QED) is 0.463. The van der Waals surface area contributed by atoms with Crippen molar-refractivity contribution in [2.75, 3.05) is 26.2 Å². The van der Waals surface area contributed by atoms with Gasteiger partial charge in [-0.05, 0) is 51.0 Å². The van der Waals surface area contributed by atoms with E-state index in [-0.39, 0.29) is 11.3 Å². The lowest BCUT2D eigenvalue weighted by atomic mass is 10.2. The van der Waals surface area contributed by atoms with Crippen LogP contribution in [0.15, 0.2) is 24.3 Å². The third kappa shape index (κ3) is 6.22. The van der Waals surface area contributed by atoms with Crippen molar-refractivity contribution in [3.63, 3.8) is 0 Å². The average Bonchev–Trinajstić information content (AvgIpc) is 2.42. The van der Waals surface area contributed by atoms with Gasteiger partial charge in [-0.1, -0.05) is 12.1 Å². The van der Waals surface area contributed by atoms with Gasteiger partial charge in [0.25, 0.3) is 0 Å². The molecule has 0 unspecified atom stereocenters. The molecule has 1 rings (SSSR count). The van der Waals surface area contributed by atoms with Crippen molar-refractivity contribution < 1.29 is 14.6 Å². The third-order valence-electron chi connectivity index (χ3n) is 2.66. The van der Waals surface area contributed by atoms with E-state index in [2.05, 4.69) is 5.32 Å². The molecule has 0 saturated heterocycles. The van der Waals surface area contributed by atoms with E-state index in [1.165, 1.54) is 6.07 Å². The van der Waals surface area contributed by atoms with Gasteiger partial charge in [0.15, 0.2) is 0 Å². The van der Waals surface area contributed by atoms with Gasteiger partial charge in [0, 0.05) is 0 Å². The molecule has 0 saturated carbocycles. The van der Waals surface area contributed by atoms with Crippen LogP contribution in [-0.2, 0) is 4.74 Å². The number of unbranched alkanes of at least 4 members (excludes halogenated alkanes) is 1. The third-order valence-corrected chi connectivity index (χ3v) is 2.66. The van der Waals surface area contributed by atoms with Gasteiger partial charge in [0.1, 0.15) is 11.3 Å². The number of nitrogens with two attached hydrogens (primary N) is 1. The molecule has 0 spiro atoms. The Morgan fingerprint density at radius 2 is 1.95 bits per heavy atom. The highest BCUT2D eigenvalue weighted by Gasteiger charge is 2.10. The first-order valence-electron chi connectivity index (χ1n) is 6.61. The van der Waals surface area contributed by atoms with E-state index in [9.17, 15) is 9.90 Å². The minimum Gasteiger partial charge on any atom is -0.507 e. The second-order valence-electron chi connectivity index (χ2n) is 4.25. The fraction of sp³-hybridized carbons (Fsp3) is 0.500. The zero-order valence-electron chi connectivity index (χ0n) is 11.1. The van der Waals surface area contributed by atoms with Gasteiger partial charge >= 0.3 is 5.97 Å². The molecule has 0 amide bonds. The number of ether oxygens (including phenoxy) is 1. The van der Waals surface area contributed by atoms with Crippen molar-refractivity contribution in [3.05, 3.63) is 29.8 Å². The van der Waals surface area contributed by atoms with Crippen molar-refractivity contribution in [2.45, 2.75) is 19.3 Å². The normalized spacial score (nSPS) is 10.4. The van der Waals surface area contributed by atoms with E-state index in [4.69, 9.17) is 10.5 Å². The van der Waals surface area contributed by atoms with Crippen LogP contribution in [0.2, 0.25) is 0 Å². The number of carbonyl (C=O) groups is 1. The van der Waals surface area contributed by atoms with Crippen LogP contribution in [0.5, 0.6) is 5.75 Å². The molecule has 0 atom stereocenters. The molecular formula is C14H22N2O3. The Morgan fingerprint density at radius 1 is 1.21 bits per heavy atom. The Kier molecular flexibility index (Phi) is 7.62. The van der Waals surface area contributed by atoms with Gasteiger partial charge in [-0.15, -0.1) is 0 Å². The molecule has 1 aromatic rings. The molecule has 106 valence electrons. The monoisotopic (exact) mass is 266 g/mol. The first-order chi connectivity index (χ1) is 9.25. The van der Waals surface area contributed by atoms with Gasteiger partial charge in [0.05, 0.1) is 6.61 Å². The highest BCUT2D eigenvalue weighted by atomic mass is 16.5. The lowest BCUT2D eigenvalue weighted by Gasteiger charge is -2.07. The zero-order chi connectivity index (χ0) is 13.9. The Morgan fingerprint density at radius 3 is 2.68 bits per heavy atom. The Hall–Kier alpha value is -1.59. The number of hydrogen-bond donors (Lipinski definition) is 3. The fourth-order valence-corrected chi connectivity index (χ4v) is 1.61. The number of phenolic OH excluding ortho intramolecular Hbond substituents is 1.